The first-order chi connectivity index (χ1) is 9.29. The average molecular weight is 297 g/mol. The number of benzene rings is 1. The van der Waals surface area contributed by atoms with Crippen molar-refractivity contribution in [2.45, 2.75) is 31.6 Å². The molecule has 0 radical (unpaired) electrons. The SMILES string of the molecule is Cc1cc(S(N)(=O)=O)cc(NC(=O)N2CCCC2)c1C. The van der Waals surface area contributed by atoms with Gasteiger partial charge in [-0.1, -0.05) is 0 Å². The van der Waals surface area contributed by atoms with Gasteiger partial charge in [0.1, 0.15) is 0 Å². The summed E-state index contributed by atoms with van der Waals surface area (Å²) in [5.74, 6) is 0. The molecule has 1 aromatic carbocycles. The monoisotopic (exact) mass is 297 g/mol. The molecule has 6 nitrogen and oxygen atoms in total. The van der Waals surface area contributed by atoms with Crippen molar-refractivity contribution in [3.63, 3.8) is 0 Å². The minimum absolute atomic E-state index is 0.0114. The van der Waals surface area contributed by atoms with E-state index in [0.717, 1.165) is 37.1 Å². The van der Waals surface area contributed by atoms with Crippen molar-refractivity contribution in [1.29, 1.82) is 0 Å². The predicted molar refractivity (Wildman–Crippen MR) is 77.1 cm³/mol. The van der Waals surface area contributed by atoms with Gasteiger partial charge >= 0.3 is 6.03 Å². The molecule has 1 heterocycles. The van der Waals surface area contributed by atoms with Crippen LogP contribution in [0.1, 0.15) is 24.0 Å². The van der Waals surface area contributed by atoms with E-state index in [2.05, 4.69) is 5.32 Å². The standard InChI is InChI=1S/C13H19N3O3S/c1-9-7-11(20(14,18)19)8-12(10(9)2)15-13(17)16-5-3-4-6-16/h7-8H,3-6H2,1-2H3,(H,15,17)(H2,14,18,19). The lowest BCUT2D eigenvalue weighted by molar-refractivity contribution is 0.222. The van der Waals surface area contributed by atoms with Gasteiger partial charge in [-0.2, -0.15) is 0 Å². The Morgan fingerprint density at radius 1 is 1.25 bits per heavy atom. The number of carbonyl (C=O) groups is 1. The maximum Gasteiger partial charge on any atom is 0.321 e. The van der Waals surface area contributed by atoms with Gasteiger partial charge in [0.25, 0.3) is 0 Å². The number of anilines is 1. The molecule has 0 saturated carbocycles. The van der Waals surface area contributed by atoms with E-state index in [1.807, 2.05) is 6.92 Å². The van der Waals surface area contributed by atoms with E-state index < -0.39 is 10.0 Å². The van der Waals surface area contributed by atoms with Crippen LogP contribution in [-0.2, 0) is 10.0 Å². The Hall–Kier alpha value is -1.60. The number of aryl methyl sites for hydroxylation is 1. The topological polar surface area (TPSA) is 92.5 Å². The molecule has 1 fully saturated rings. The maximum atomic E-state index is 12.1. The van der Waals surface area contributed by atoms with Gasteiger partial charge in [0.05, 0.1) is 4.90 Å². The highest BCUT2D eigenvalue weighted by atomic mass is 32.2. The van der Waals surface area contributed by atoms with Gasteiger partial charge in [0, 0.05) is 18.8 Å². The summed E-state index contributed by atoms with van der Waals surface area (Å²) in [6.07, 6.45) is 2.01. The molecule has 3 N–H and O–H groups in total. The summed E-state index contributed by atoms with van der Waals surface area (Å²) in [5, 5.41) is 7.92. The highest BCUT2D eigenvalue weighted by Gasteiger charge is 2.20. The number of amides is 2. The third kappa shape index (κ3) is 3.10. The molecule has 0 atom stereocenters. The van der Waals surface area contributed by atoms with E-state index in [1.165, 1.54) is 12.1 Å². The maximum absolute atomic E-state index is 12.1. The summed E-state index contributed by atoms with van der Waals surface area (Å²) in [6, 6.07) is 2.72. The Balaban J connectivity index is 2.31. The zero-order valence-electron chi connectivity index (χ0n) is 11.6. The number of nitrogens with two attached hydrogens (primary N) is 1. The van der Waals surface area contributed by atoms with Crippen molar-refractivity contribution >= 4 is 21.7 Å². The van der Waals surface area contributed by atoms with Gasteiger partial charge in [-0.25, -0.2) is 18.4 Å². The molecule has 0 aliphatic carbocycles. The van der Waals surface area contributed by atoms with Crippen molar-refractivity contribution in [3.8, 4) is 0 Å². The third-order valence-electron chi connectivity index (χ3n) is 3.60. The molecule has 1 aliphatic rings. The lowest BCUT2D eigenvalue weighted by atomic mass is 10.1. The first kappa shape index (κ1) is 14.8. The summed E-state index contributed by atoms with van der Waals surface area (Å²) < 4.78 is 22.9. The van der Waals surface area contributed by atoms with E-state index in [1.54, 1.807) is 11.8 Å². The quantitative estimate of drug-likeness (QED) is 0.868. The number of urea groups is 1. The molecule has 7 heteroatoms. The molecule has 0 bridgehead atoms. The second-order valence-corrected chi connectivity index (χ2v) is 6.64. The molecule has 0 aromatic heterocycles. The summed E-state index contributed by atoms with van der Waals surface area (Å²) in [4.78, 5) is 13.8. The molecule has 1 saturated heterocycles. The summed E-state index contributed by atoms with van der Waals surface area (Å²) in [6.45, 7) is 5.09. The molecule has 1 aliphatic heterocycles. The lowest BCUT2D eigenvalue weighted by Gasteiger charge is -2.18. The zero-order valence-corrected chi connectivity index (χ0v) is 12.5. The molecule has 0 unspecified atom stereocenters. The average Bonchev–Trinajstić information content (AvgIpc) is 2.87. The van der Waals surface area contributed by atoms with Crippen molar-refractivity contribution in [2.24, 2.45) is 5.14 Å². The van der Waals surface area contributed by atoms with Crippen molar-refractivity contribution in [3.05, 3.63) is 23.3 Å². The fourth-order valence-corrected chi connectivity index (χ4v) is 2.86. The minimum atomic E-state index is -3.78. The van der Waals surface area contributed by atoms with Crippen LogP contribution >= 0.6 is 0 Å². The van der Waals surface area contributed by atoms with Gasteiger partial charge in [-0.15, -0.1) is 0 Å². The first-order valence-electron chi connectivity index (χ1n) is 6.49. The van der Waals surface area contributed by atoms with Crippen LogP contribution in [0.25, 0.3) is 0 Å². The van der Waals surface area contributed by atoms with Crippen LogP contribution < -0.4 is 10.5 Å². The summed E-state index contributed by atoms with van der Waals surface area (Å²) >= 11 is 0. The Bertz CT molecular complexity index is 635. The lowest BCUT2D eigenvalue weighted by Crippen LogP contribution is -2.32. The largest absolute Gasteiger partial charge is 0.325 e. The van der Waals surface area contributed by atoms with Crippen LogP contribution in [-0.4, -0.2) is 32.4 Å². The number of likely N-dealkylation sites (tertiary alicyclic amines) is 1. The first-order valence-corrected chi connectivity index (χ1v) is 8.03. The fraction of sp³-hybridized carbons (Fsp3) is 0.462. The third-order valence-corrected chi connectivity index (χ3v) is 4.50. The second-order valence-electron chi connectivity index (χ2n) is 5.08. The number of rotatable bonds is 2. The molecule has 110 valence electrons. The predicted octanol–water partition coefficient (Wildman–Crippen LogP) is 1.58. The van der Waals surface area contributed by atoms with Crippen LogP contribution in [0.3, 0.4) is 0 Å². The zero-order chi connectivity index (χ0) is 14.9. The van der Waals surface area contributed by atoms with E-state index in [9.17, 15) is 13.2 Å². The van der Waals surface area contributed by atoms with Crippen molar-refractivity contribution in [1.82, 2.24) is 4.90 Å². The fourth-order valence-electron chi connectivity index (χ4n) is 2.23. The van der Waals surface area contributed by atoms with Crippen LogP contribution in [0.5, 0.6) is 0 Å². The Labute approximate surface area is 119 Å². The number of primary sulfonamides is 1. The Morgan fingerprint density at radius 2 is 1.85 bits per heavy atom. The highest BCUT2D eigenvalue weighted by molar-refractivity contribution is 7.89. The van der Waals surface area contributed by atoms with Gasteiger partial charge in [0.15, 0.2) is 0 Å². The molecule has 2 amide bonds. The van der Waals surface area contributed by atoms with E-state index >= 15 is 0 Å². The minimum Gasteiger partial charge on any atom is -0.325 e. The molecular formula is C13H19N3O3S. The number of nitrogens with zero attached hydrogens (tertiary/aromatic N) is 1. The molecular weight excluding hydrogens is 278 g/mol. The number of carbonyl (C=O) groups excluding carboxylic acids is 1. The van der Waals surface area contributed by atoms with Crippen LogP contribution in [0, 0.1) is 13.8 Å². The smallest absolute Gasteiger partial charge is 0.321 e. The van der Waals surface area contributed by atoms with Crippen molar-refractivity contribution in [2.75, 3.05) is 18.4 Å². The van der Waals surface area contributed by atoms with E-state index in [0.29, 0.717) is 5.69 Å². The Kier molecular flexibility index (Phi) is 4.01. The number of hydrogen-bond donors (Lipinski definition) is 2. The molecule has 1 aromatic rings. The van der Waals surface area contributed by atoms with Gasteiger partial charge < -0.3 is 10.2 Å². The van der Waals surface area contributed by atoms with E-state index in [4.69, 9.17) is 5.14 Å². The van der Waals surface area contributed by atoms with Gasteiger partial charge in [-0.3, -0.25) is 0 Å². The normalized spacial score (nSPS) is 15.4. The number of sulfonamides is 1. The van der Waals surface area contributed by atoms with Crippen molar-refractivity contribution < 1.29 is 13.2 Å². The Morgan fingerprint density at radius 3 is 2.40 bits per heavy atom. The van der Waals surface area contributed by atoms with Crippen LogP contribution in [0.15, 0.2) is 17.0 Å². The molecule has 0 spiro atoms. The van der Waals surface area contributed by atoms with Crippen LogP contribution in [0.2, 0.25) is 0 Å². The van der Waals surface area contributed by atoms with Gasteiger partial charge in [0.2, 0.25) is 10.0 Å². The number of hydrogen-bond acceptors (Lipinski definition) is 3. The van der Waals surface area contributed by atoms with E-state index in [-0.39, 0.29) is 10.9 Å². The number of nitrogens with one attached hydrogen (secondary N) is 1. The molecule has 20 heavy (non-hydrogen) atoms. The van der Waals surface area contributed by atoms with Gasteiger partial charge in [-0.05, 0) is 49.9 Å². The second kappa shape index (κ2) is 5.41. The summed E-state index contributed by atoms with van der Waals surface area (Å²) in [5.41, 5.74) is 2.10. The summed E-state index contributed by atoms with van der Waals surface area (Å²) in [7, 11) is -3.78. The molecule has 2 rings (SSSR count). The van der Waals surface area contributed by atoms with Crippen LogP contribution in [0.4, 0.5) is 10.5 Å². The highest BCUT2D eigenvalue weighted by Crippen LogP contribution is 2.24.